The number of ether oxygens (including phenoxy) is 1. The summed E-state index contributed by atoms with van der Waals surface area (Å²) in [5.74, 6) is 0.295. The van der Waals surface area contributed by atoms with Crippen molar-refractivity contribution in [1.29, 1.82) is 0 Å². The normalized spacial score (nSPS) is 24.6. The van der Waals surface area contributed by atoms with Gasteiger partial charge in [0.25, 0.3) is 0 Å². The number of hydrogen-bond acceptors (Lipinski definition) is 4. The minimum atomic E-state index is -3.59. The monoisotopic (exact) mass is 299 g/mol. The van der Waals surface area contributed by atoms with Gasteiger partial charge in [-0.3, -0.25) is 0 Å². The van der Waals surface area contributed by atoms with Crippen molar-refractivity contribution >= 4 is 10.0 Å². The van der Waals surface area contributed by atoms with Gasteiger partial charge in [0.2, 0.25) is 10.0 Å². The summed E-state index contributed by atoms with van der Waals surface area (Å²) in [5, 5.41) is 9.73. The first-order valence-corrected chi connectivity index (χ1v) is 8.13. The molecule has 5 nitrogen and oxygen atoms in total. The standard InChI is InChI=1S/C14H21NO4S/c1-10-4-5-13(19-3)14(8-10)20(17,18)15-7-6-12(16)11(2)9-15/h4-5,8,11-12,16H,6-7,9H2,1-3H3. The topological polar surface area (TPSA) is 66.8 Å². The largest absolute Gasteiger partial charge is 0.495 e. The first kappa shape index (κ1) is 15.3. The van der Waals surface area contributed by atoms with Gasteiger partial charge in [-0.15, -0.1) is 0 Å². The molecule has 6 heteroatoms. The van der Waals surface area contributed by atoms with Crippen molar-refractivity contribution in [3.8, 4) is 5.75 Å². The number of benzene rings is 1. The predicted molar refractivity (Wildman–Crippen MR) is 76.3 cm³/mol. The van der Waals surface area contributed by atoms with Gasteiger partial charge in [0, 0.05) is 13.1 Å². The quantitative estimate of drug-likeness (QED) is 0.916. The molecule has 1 heterocycles. The lowest BCUT2D eigenvalue weighted by molar-refractivity contribution is 0.0628. The Hall–Kier alpha value is -1.11. The van der Waals surface area contributed by atoms with E-state index in [9.17, 15) is 13.5 Å². The molecule has 1 aliphatic heterocycles. The third kappa shape index (κ3) is 2.82. The number of nitrogens with zero attached hydrogens (tertiary/aromatic N) is 1. The van der Waals surface area contributed by atoms with Gasteiger partial charge in [-0.05, 0) is 37.0 Å². The van der Waals surface area contributed by atoms with E-state index in [-0.39, 0.29) is 10.8 Å². The highest BCUT2D eigenvalue weighted by Gasteiger charge is 2.34. The fourth-order valence-corrected chi connectivity index (χ4v) is 4.23. The molecule has 0 aromatic heterocycles. The van der Waals surface area contributed by atoms with Gasteiger partial charge in [0.15, 0.2) is 0 Å². The van der Waals surface area contributed by atoms with Crippen LogP contribution in [0.5, 0.6) is 5.75 Å². The number of hydrogen-bond donors (Lipinski definition) is 1. The summed E-state index contributed by atoms with van der Waals surface area (Å²) in [6, 6.07) is 5.12. The molecule has 1 aromatic carbocycles. The van der Waals surface area contributed by atoms with Crippen LogP contribution in [0.3, 0.4) is 0 Å². The maximum Gasteiger partial charge on any atom is 0.246 e. The van der Waals surface area contributed by atoms with E-state index in [1.165, 1.54) is 11.4 Å². The molecule has 1 saturated heterocycles. The first-order chi connectivity index (χ1) is 9.36. The minimum absolute atomic E-state index is 0.0608. The highest BCUT2D eigenvalue weighted by atomic mass is 32.2. The van der Waals surface area contributed by atoms with Gasteiger partial charge in [0.1, 0.15) is 10.6 Å². The lowest BCUT2D eigenvalue weighted by Crippen LogP contribution is -2.44. The molecule has 0 spiro atoms. The van der Waals surface area contributed by atoms with Gasteiger partial charge < -0.3 is 9.84 Å². The van der Waals surface area contributed by atoms with Gasteiger partial charge >= 0.3 is 0 Å². The van der Waals surface area contributed by atoms with E-state index in [0.717, 1.165) is 5.56 Å². The second-order valence-electron chi connectivity index (χ2n) is 5.35. The fourth-order valence-electron chi connectivity index (χ4n) is 2.44. The van der Waals surface area contributed by atoms with Crippen molar-refractivity contribution in [2.75, 3.05) is 20.2 Å². The van der Waals surface area contributed by atoms with Crippen molar-refractivity contribution in [1.82, 2.24) is 4.31 Å². The number of aliphatic hydroxyl groups is 1. The molecule has 0 amide bonds. The van der Waals surface area contributed by atoms with Crippen LogP contribution in [0, 0.1) is 12.8 Å². The maximum absolute atomic E-state index is 12.7. The van der Waals surface area contributed by atoms with E-state index in [4.69, 9.17) is 4.74 Å². The number of methoxy groups -OCH3 is 1. The van der Waals surface area contributed by atoms with Crippen LogP contribution in [0.1, 0.15) is 18.9 Å². The summed E-state index contributed by atoms with van der Waals surface area (Å²) in [7, 11) is -2.12. The van der Waals surface area contributed by atoms with Crippen LogP contribution in [0.4, 0.5) is 0 Å². The van der Waals surface area contributed by atoms with Crippen LogP contribution in [0.15, 0.2) is 23.1 Å². The zero-order valence-electron chi connectivity index (χ0n) is 12.0. The zero-order valence-corrected chi connectivity index (χ0v) is 12.9. The second-order valence-corrected chi connectivity index (χ2v) is 7.26. The van der Waals surface area contributed by atoms with E-state index in [2.05, 4.69) is 0 Å². The number of aryl methyl sites for hydroxylation is 1. The molecule has 2 rings (SSSR count). The lowest BCUT2D eigenvalue weighted by atomic mass is 9.99. The summed E-state index contributed by atoms with van der Waals surface area (Å²) in [5.41, 5.74) is 0.870. The summed E-state index contributed by atoms with van der Waals surface area (Å²) >= 11 is 0. The first-order valence-electron chi connectivity index (χ1n) is 6.69. The maximum atomic E-state index is 12.7. The smallest absolute Gasteiger partial charge is 0.246 e. The van der Waals surface area contributed by atoms with Crippen molar-refractivity contribution in [3.05, 3.63) is 23.8 Å². The van der Waals surface area contributed by atoms with Gasteiger partial charge in [-0.1, -0.05) is 13.0 Å². The molecule has 2 atom stereocenters. The third-order valence-corrected chi connectivity index (χ3v) is 5.65. The Bertz CT molecular complexity index is 585. The molecule has 112 valence electrons. The molecular formula is C14H21NO4S. The average Bonchev–Trinajstić information content (AvgIpc) is 2.41. The van der Waals surface area contributed by atoms with E-state index >= 15 is 0 Å². The summed E-state index contributed by atoms with van der Waals surface area (Å²) in [6.07, 6.45) is 0.0370. The Morgan fingerprint density at radius 3 is 2.70 bits per heavy atom. The fraction of sp³-hybridized carbons (Fsp3) is 0.571. The molecule has 1 aliphatic rings. The summed E-state index contributed by atoms with van der Waals surface area (Å²) in [4.78, 5) is 0.198. The summed E-state index contributed by atoms with van der Waals surface area (Å²) in [6.45, 7) is 4.38. The molecule has 1 fully saturated rings. The third-order valence-electron chi connectivity index (χ3n) is 3.76. The van der Waals surface area contributed by atoms with E-state index in [0.29, 0.717) is 25.3 Å². The number of rotatable bonds is 3. The molecule has 0 aliphatic carbocycles. The number of aliphatic hydroxyl groups excluding tert-OH is 1. The van der Waals surface area contributed by atoms with Crippen LogP contribution in [0.2, 0.25) is 0 Å². The Morgan fingerprint density at radius 2 is 2.10 bits per heavy atom. The molecule has 0 bridgehead atoms. The molecular weight excluding hydrogens is 278 g/mol. The highest BCUT2D eigenvalue weighted by molar-refractivity contribution is 7.89. The Morgan fingerprint density at radius 1 is 1.40 bits per heavy atom. The van der Waals surface area contributed by atoms with Crippen LogP contribution in [-0.2, 0) is 10.0 Å². The molecule has 0 saturated carbocycles. The van der Waals surface area contributed by atoms with Crippen LogP contribution in [-0.4, -0.2) is 44.1 Å². The van der Waals surface area contributed by atoms with Crippen molar-refractivity contribution in [3.63, 3.8) is 0 Å². The van der Waals surface area contributed by atoms with Gasteiger partial charge in [-0.2, -0.15) is 4.31 Å². The number of sulfonamides is 1. The van der Waals surface area contributed by atoms with Crippen molar-refractivity contribution in [2.45, 2.75) is 31.3 Å². The Kier molecular flexibility index (Phi) is 4.36. The van der Waals surface area contributed by atoms with Crippen LogP contribution < -0.4 is 4.74 Å². The second kappa shape index (κ2) is 5.71. The average molecular weight is 299 g/mol. The lowest BCUT2D eigenvalue weighted by Gasteiger charge is -2.33. The van der Waals surface area contributed by atoms with E-state index in [1.807, 2.05) is 19.9 Å². The van der Waals surface area contributed by atoms with E-state index < -0.39 is 16.1 Å². The Balaban J connectivity index is 2.38. The van der Waals surface area contributed by atoms with Gasteiger partial charge in [-0.25, -0.2) is 8.42 Å². The minimum Gasteiger partial charge on any atom is -0.495 e. The predicted octanol–water partition coefficient (Wildman–Crippen LogP) is 1.40. The molecule has 1 N–H and O–H groups in total. The van der Waals surface area contributed by atoms with Crippen molar-refractivity contribution < 1.29 is 18.3 Å². The number of piperidine rings is 1. The molecule has 2 unspecified atom stereocenters. The zero-order chi connectivity index (χ0) is 14.9. The molecule has 1 aromatic rings. The van der Waals surface area contributed by atoms with E-state index in [1.54, 1.807) is 12.1 Å². The van der Waals surface area contributed by atoms with Gasteiger partial charge in [0.05, 0.1) is 13.2 Å². The summed E-state index contributed by atoms with van der Waals surface area (Å²) < 4.78 is 32.1. The SMILES string of the molecule is COc1ccc(C)cc1S(=O)(=O)N1CCC(O)C(C)C1. The van der Waals surface area contributed by atoms with Crippen LogP contribution in [0.25, 0.3) is 0 Å². The highest BCUT2D eigenvalue weighted by Crippen LogP contribution is 2.30. The van der Waals surface area contributed by atoms with Crippen LogP contribution >= 0.6 is 0 Å². The van der Waals surface area contributed by atoms with Crippen molar-refractivity contribution in [2.24, 2.45) is 5.92 Å². The Labute approximate surface area is 120 Å². The molecule has 0 radical (unpaired) electrons. The molecule has 20 heavy (non-hydrogen) atoms.